The molecular weight excluding hydrogens is 308 g/mol. The van der Waals surface area contributed by atoms with Crippen LogP contribution < -0.4 is 26.9 Å². The summed E-state index contributed by atoms with van der Waals surface area (Å²) in [6.07, 6.45) is 0. The monoisotopic (exact) mass is 330 g/mol. The summed E-state index contributed by atoms with van der Waals surface area (Å²) in [7, 11) is 0. The Bertz CT molecular complexity index is 734. The molecular formula is C17H22N4O3. The van der Waals surface area contributed by atoms with Gasteiger partial charge in [0.15, 0.2) is 0 Å². The predicted octanol–water partition coefficient (Wildman–Crippen LogP) is 1.64. The zero-order valence-corrected chi connectivity index (χ0v) is 13.7. The fourth-order valence-corrected chi connectivity index (χ4v) is 2.40. The van der Waals surface area contributed by atoms with E-state index < -0.39 is 6.03 Å². The highest BCUT2D eigenvalue weighted by Gasteiger charge is 2.16. The van der Waals surface area contributed by atoms with Gasteiger partial charge in [-0.15, -0.1) is 0 Å². The lowest BCUT2D eigenvalue weighted by Gasteiger charge is -2.21. The molecule has 0 aliphatic carbocycles. The number of hydrogen-bond donors (Lipinski definition) is 4. The van der Waals surface area contributed by atoms with E-state index in [0.29, 0.717) is 11.4 Å². The molecule has 6 N–H and O–H groups in total. The van der Waals surface area contributed by atoms with Crippen LogP contribution in [0.5, 0.6) is 5.75 Å². The summed E-state index contributed by atoms with van der Waals surface area (Å²) in [5.74, 6) is 11.7. The number of aliphatic hydroxyl groups excluding tert-OH is 1. The second kappa shape index (κ2) is 7.78. The Labute approximate surface area is 140 Å². The maximum Gasteiger partial charge on any atom is 0.350 e. The van der Waals surface area contributed by atoms with Crippen molar-refractivity contribution in [2.24, 2.45) is 11.7 Å². The van der Waals surface area contributed by atoms with Crippen molar-refractivity contribution in [3.63, 3.8) is 0 Å². The van der Waals surface area contributed by atoms with E-state index in [2.05, 4.69) is 0 Å². The molecule has 0 aliphatic heterocycles. The Morgan fingerprint density at radius 2 is 2.00 bits per heavy atom. The van der Waals surface area contributed by atoms with Gasteiger partial charge < -0.3 is 9.84 Å². The molecule has 0 heterocycles. The largest absolute Gasteiger partial charge is 0.489 e. The molecule has 2 amide bonds. The fraction of sp³-hybridized carbons (Fsp3) is 0.235. The highest BCUT2D eigenvalue weighted by molar-refractivity contribution is 5.91. The topological polar surface area (TPSA) is 114 Å². The van der Waals surface area contributed by atoms with Crippen molar-refractivity contribution in [1.29, 1.82) is 0 Å². The summed E-state index contributed by atoms with van der Waals surface area (Å²) in [5, 5.41) is 10.1. The first-order valence-electron chi connectivity index (χ1n) is 7.45. The van der Waals surface area contributed by atoms with Gasteiger partial charge >= 0.3 is 6.03 Å². The lowest BCUT2D eigenvalue weighted by molar-refractivity contribution is 0.246. The van der Waals surface area contributed by atoms with Gasteiger partial charge in [0.05, 0.1) is 12.3 Å². The molecule has 0 fully saturated rings. The van der Waals surface area contributed by atoms with Crippen LogP contribution >= 0.6 is 0 Å². The van der Waals surface area contributed by atoms with Gasteiger partial charge in [0.1, 0.15) is 12.4 Å². The van der Waals surface area contributed by atoms with Gasteiger partial charge in [0.25, 0.3) is 0 Å². The van der Waals surface area contributed by atoms with E-state index in [1.54, 1.807) is 18.2 Å². The number of carbonyl (C=O) groups is 1. The first kappa shape index (κ1) is 17.7. The molecule has 0 saturated carbocycles. The van der Waals surface area contributed by atoms with Crippen molar-refractivity contribution >= 4 is 11.7 Å². The zero-order valence-electron chi connectivity index (χ0n) is 13.7. The highest BCUT2D eigenvalue weighted by atomic mass is 16.5. The number of nitrogens with one attached hydrogen (secondary N) is 1. The van der Waals surface area contributed by atoms with Crippen LogP contribution in [0, 0.1) is 13.8 Å². The lowest BCUT2D eigenvalue weighted by Crippen LogP contribution is -2.48. The van der Waals surface area contributed by atoms with Crippen molar-refractivity contribution in [2.45, 2.75) is 27.1 Å². The van der Waals surface area contributed by atoms with E-state index in [4.69, 9.17) is 21.5 Å². The SMILES string of the molecule is Cc1cc(CO)ccc1OCc1c(C)cccc1N(N)C(=O)NN. The van der Waals surface area contributed by atoms with E-state index in [-0.39, 0.29) is 13.2 Å². The minimum Gasteiger partial charge on any atom is -0.489 e. The summed E-state index contributed by atoms with van der Waals surface area (Å²) in [4.78, 5) is 11.7. The minimum absolute atomic E-state index is 0.0145. The zero-order chi connectivity index (χ0) is 17.7. The Morgan fingerprint density at radius 1 is 1.25 bits per heavy atom. The van der Waals surface area contributed by atoms with Crippen LogP contribution in [-0.4, -0.2) is 11.1 Å². The van der Waals surface area contributed by atoms with Crippen molar-refractivity contribution in [2.75, 3.05) is 5.01 Å². The quantitative estimate of drug-likeness (QED) is 0.378. The molecule has 0 bridgehead atoms. The number of nitrogens with two attached hydrogens (primary N) is 2. The number of urea groups is 1. The number of aliphatic hydroxyl groups is 1. The van der Waals surface area contributed by atoms with E-state index >= 15 is 0 Å². The van der Waals surface area contributed by atoms with Crippen molar-refractivity contribution in [3.05, 3.63) is 58.7 Å². The van der Waals surface area contributed by atoms with Crippen molar-refractivity contribution in [1.82, 2.24) is 5.43 Å². The number of ether oxygens (including phenoxy) is 1. The average molecular weight is 330 g/mol. The van der Waals surface area contributed by atoms with Crippen LogP contribution in [0.15, 0.2) is 36.4 Å². The predicted molar refractivity (Wildman–Crippen MR) is 92.0 cm³/mol. The number of rotatable bonds is 5. The number of hydrazine groups is 2. The molecule has 0 spiro atoms. The number of carbonyl (C=O) groups excluding carboxylic acids is 1. The number of nitrogens with zero attached hydrogens (tertiary/aromatic N) is 1. The maximum atomic E-state index is 11.7. The Kier molecular flexibility index (Phi) is 5.75. The molecule has 0 radical (unpaired) electrons. The van der Waals surface area contributed by atoms with Gasteiger partial charge in [-0.2, -0.15) is 0 Å². The van der Waals surface area contributed by atoms with E-state index in [9.17, 15) is 4.79 Å². The third-order valence-electron chi connectivity index (χ3n) is 3.78. The summed E-state index contributed by atoms with van der Waals surface area (Å²) in [6.45, 7) is 4.05. The van der Waals surface area contributed by atoms with Gasteiger partial charge in [0, 0.05) is 5.56 Å². The third kappa shape index (κ3) is 3.83. The third-order valence-corrected chi connectivity index (χ3v) is 3.78. The van der Waals surface area contributed by atoms with Gasteiger partial charge in [-0.1, -0.05) is 24.3 Å². The van der Waals surface area contributed by atoms with Crippen molar-refractivity contribution in [3.8, 4) is 5.75 Å². The van der Waals surface area contributed by atoms with Crippen LogP contribution in [0.25, 0.3) is 0 Å². The minimum atomic E-state index is -0.620. The van der Waals surface area contributed by atoms with E-state index in [1.165, 1.54) is 0 Å². The number of hydrogen-bond acceptors (Lipinski definition) is 5. The molecule has 2 rings (SSSR count). The van der Waals surface area contributed by atoms with E-state index in [1.807, 2.05) is 37.5 Å². The average Bonchev–Trinajstić information content (AvgIpc) is 2.59. The summed E-state index contributed by atoms with van der Waals surface area (Å²) >= 11 is 0. The molecule has 7 nitrogen and oxygen atoms in total. The molecule has 0 aromatic heterocycles. The first-order valence-corrected chi connectivity index (χ1v) is 7.45. The molecule has 2 aromatic rings. The number of aryl methyl sites for hydroxylation is 2. The first-order chi connectivity index (χ1) is 11.5. The molecule has 0 saturated heterocycles. The van der Waals surface area contributed by atoms with Gasteiger partial charge in [-0.25, -0.2) is 21.5 Å². The second-order valence-electron chi connectivity index (χ2n) is 5.44. The molecule has 0 unspecified atom stereocenters. The summed E-state index contributed by atoms with van der Waals surface area (Å²) in [5.41, 5.74) is 5.99. The molecule has 7 heteroatoms. The standard InChI is InChI=1S/C17H22N4O3/c1-11-4-3-5-15(21(19)17(23)20-18)14(11)10-24-16-7-6-13(9-22)8-12(16)2/h3-8,22H,9-10,18-19H2,1-2H3,(H,20,23). The van der Waals surface area contributed by atoms with Gasteiger partial charge in [-0.3, -0.25) is 5.43 Å². The lowest BCUT2D eigenvalue weighted by atomic mass is 10.1. The summed E-state index contributed by atoms with van der Waals surface area (Å²) < 4.78 is 5.88. The number of amides is 2. The number of benzene rings is 2. The highest BCUT2D eigenvalue weighted by Crippen LogP contribution is 2.26. The normalized spacial score (nSPS) is 10.4. The second-order valence-corrected chi connectivity index (χ2v) is 5.44. The Morgan fingerprint density at radius 3 is 2.62 bits per heavy atom. The molecule has 24 heavy (non-hydrogen) atoms. The van der Waals surface area contributed by atoms with Gasteiger partial charge in [-0.05, 0) is 42.7 Å². The summed E-state index contributed by atoms with van der Waals surface area (Å²) in [6, 6.07) is 10.3. The van der Waals surface area contributed by atoms with Crippen molar-refractivity contribution < 1.29 is 14.6 Å². The smallest absolute Gasteiger partial charge is 0.350 e. The fourth-order valence-electron chi connectivity index (χ4n) is 2.40. The number of anilines is 1. The maximum absolute atomic E-state index is 11.7. The molecule has 128 valence electrons. The molecule has 0 aliphatic rings. The Balaban J connectivity index is 2.25. The van der Waals surface area contributed by atoms with Crippen LogP contribution in [0.3, 0.4) is 0 Å². The van der Waals surface area contributed by atoms with Crippen LogP contribution in [-0.2, 0) is 13.2 Å². The molecule has 2 aromatic carbocycles. The van der Waals surface area contributed by atoms with Crippen LogP contribution in [0.1, 0.15) is 22.3 Å². The van der Waals surface area contributed by atoms with E-state index in [0.717, 1.165) is 27.3 Å². The van der Waals surface area contributed by atoms with Crippen LogP contribution in [0.2, 0.25) is 0 Å². The Hall–Kier alpha value is -2.61. The molecule has 0 atom stereocenters. The van der Waals surface area contributed by atoms with Gasteiger partial charge in [0.2, 0.25) is 0 Å². The van der Waals surface area contributed by atoms with Crippen LogP contribution in [0.4, 0.5) is 10.5 Å².